The van der Waals surface area contributed by atoms with E-state index in [2.05, 4.69) is 15.6 Å². The highest BCUT2D eigenvalue weighted by atomic mass is 35.5. The fourth-order valence-electron chi connectivity index (χ4n) is 3.91. The number of benzene rings is 4. The van der Waals surface area contributed by atoms with E-state index in [1.54, 1.807) is 30.3 Å². The number of halogens is 1. The Morgan fingerprint density at radius 3 is 2.37 bits per heavy atom. The number of thioether (sulfide) groups is 1. The lowest BCUT2D eigenvalue weighted by Gasteiger charge is -2.16. The maximum Gasteiger partial charge on any atom is 0.270 e. The van der Waals surface area contributed by atoms with E-state index in [4.69, 9.17) is 11.6 Å². The van der Waals surface area contributed by atoms with Crippen LogP contribution in [0.5, 0.6) is 0 Å². The van der Waals surface area contributed by atoms with Crippen LogP contribution in [0.1, 0.15) is 21.2 Å². The van der Waals surface area contributed by atoms with Gasteiger partial charge >= 0.3 is 0 Å². The maximum atomic E-state index is 13.5. The van der Waals surface area contributed by atoms with Gasteiger partial charge in [-0.2, -0.15) is 0 Å². The van der Waals surface area contributed by atoms with Crippen LogP contribution >= 0.6 is 34.7 Å². The topological polar surface area (TPSA) is 114 Å². The van der Waals surface area contributed by atoms with Gasteiger partial charge in [-0.3, -0.25) is 19.7 Å². The van der Waals surface area contributed by atoms with E-state index in [1.165, 1.54) is 47.4 Å². The molecular weight excluding hydrogens is 580 g/mol. The number of nitro groups is 1. The molecule has 0 saturated heterocycles. The number of carbonyl (C=O) groups excluding carboxylic acids is 2. The molecular formula is C30H21ClN4O4S2. The first-order valence-electron chi connectivity index (χ1n) is 12.3. The molecule has 0 fully saturated rings. The predicted octanol–water partition coefficient (Wildman–Crippen LogP) is 8.10. The van der Waals surface area contributed by atoms with Gasteiger partial charge in [-0.15, -0.1) is 23.1 Å². The monoisotopic (exact) mass is 600 g/mol. The number of nitrogens with one attached hydrogen (secondary N) is 2. The van der Waals surface area contributed by atoms with E-state index in [9.17, 15) is 19.7 Å². The van der Waals surface area contributed by atoms with Crippen molar-refractivity contribution in [2.75, 3.05) is 10.6 Å². The molecule has 1 heterocycles. The highest BCUT2D eigenvalue weighted by Crippen LogP contribution is 2.37. The fraction of sp³-hybridized carbons (Fsp3) is 0.0333. The number of anilines is 2. The molecule has 41 heavy (non-hydrogen) atoms. The lowest BCUT2D eigenvalue weighted by atomic mass is 10.1. The summed E-state index contributed by atoms with van der Waals surface area (Å²) in [4.78, 5) is 41.9. The summed E-state index contributed by atoms with van der Waals surface area (Å²) in [6.45, 7) is 0. The van der Waals surface area contributed by atoms with Gasteiger partial charge < -0.3 is 10.6 Å². The van der Waals surface area contributed by atoms with Crippen LogP contribution in [-0.2, 0) is 4.79 Å². The van der Waals surface area contributed by atoms with Gasteiger partial charge in [-0.1, -0.05) is 66.2 Å². The van der Waals surface area contributed by atoms with Crippen LogP contribution in [0.15, 0.2) is 113 Å². The minimum Gasteiger partial charge on any atom is -0.322 e. The highest BCUT2D eigenvalue weighted by Gasteiger charge is 2.23. The molecule has 4 aromatic carbocycles. The number of thiazole rings is 1. The molecule has 0 radical (unpaired) electrons. The molecule has 0 bridgehead atoms. The number of nitrogens with zero attached hydrogens (tertiary/aromatic N) is 2. The van der Waals surface area contributed by atoms with Crippen LogP contribution in [-0.4, -0.2) is 21.7 Å². The summed E-state index contributed by atoms with van der Waals surface area (Å²) in [5, 5.41) is 19.0. The Kier molecular flexibility index (Phi) is 8.73. The maximum absolute atomic E-state index is 13.5. The lowest BCUT2D eigenvalue weighted by Crippen LogP contribution is -2.19. The van der Waals surface area contributed by atoms with Crippen molar-refractivity contribution >= 4 is 63.0 Å². The fourth-order valence-corrected chi connectivity index (χ4v) is 5.88. The van der Waals surface area contributed by atoms with E-state index in [0.717, 1.165) is 16.0 Å². The average Bonchev–Trinajstić information content (AvgIpc) is 3.45. The highest BCUT2D eigenvalue weighted by molar-refractivity contribution is 8.00. The van der Waals surface area contributed by atoms with E-state index in [1.807, 2.05) is 53.9 Å². The van der Waals surface area contributed by atoms with E-state index in [-0.39, 0.29) is 17.2 Å². The minimum atomic E-state index is -0.575. The van der Waals surface area contributed by atoms with Crippen LogP contribution in [0.25, 0.3) is 11.3 Å². The van der Waals surface area contributed by atoms with Gasteiger partial charge in [0.25, 0.3) is 11.6 Å². The third-order valence-electron chi connectivity index (χ3n) is 5.91. The Balaban J connectivity index is 1.29. The molecule has 0 aliphatic carbocycles. The van der Waals surface area contributed by atoms with Crippen molar-refractivity contribution in [3.8, 4) is 11.3 Å². The quantitative estimate of drug-likeness (QED) is 0.100. The van der Waals surface area contributed by atoms with Crippen molar-refractivity contribution in [3.05, 3.63) is 135 Å². The van der Waals surface area contributed by atoms with E-state index < -0.39 is 16.1 Å². The van der Waals surface area contributed by atoms with Gasteiger partial charge in [0, 0.05) is 44.2 Å². The van der Waals surface area contributed by atoms with Crippen molar-refractivity contribution in [1.82, 2.24) is 4.98 Å². The van der Waals surface area contributed by atoms with Gasteiger partial charge in [0.15, 0.2) is 5.13 Å². The summed E-state index contributed by atoms with van der Waals surface area (Å²) in [6.07, 6.45) is 0. The smallest absolute Gasteiger partial charge is 0.270 e. The van der Waals surface area contributed by atoms with Gasteiger partial charge in [-0.05, 0) is 42.0 Å². The van der Waals surface area contributed by atoms with Crippen LogP contribution in [0.3, 0.4) is 0 Å². The number of nitro benzene ring substituents is 1. The number of hydrogen-bond donors (Lipinski definition) is 2. The number of non-ortho nitro benzene ring substituents is 1. The SMILES string of the molecule is O=C(Nc1ccc(SC(C(=O)Nc2nc(-c3ccccc3Cl)cs2)c2ccccc2)cc1)c1cccc([N+](=O)[O-])c1. The Morgan fingerprint density at radius 1 is 0.902 bits per heavy atom. The molecule has 11 heteroatoms. The Hall–Kier alpha value is -4.51. The summed E-state index contributed by atoms with van der Waals surface area (Å²) in [7, 11) is 0. The first-order chi connectivity index (χ1) is 19.9. The molecule has 0 saturated carbocycles. The number of hydrogen-bond acceptors (Lipinski definition) is 7. The van der Waals surface area contributed by atoms with Gasteiger partial charge in [0.2, 0.25) is 5.91 Å². The predicted molar refractivity (Wildman–Crippen MR) is 164 cm³/mol. The molecule has 2 N–H and O–H groups in total. The number of aromatic nitrogens is 1. The average molecular weight is 601 g/mol. The van der Waals surface area contributed by atoms with Crippen molar-refractivity contribution in [2.24, 2.45) is 0 Å². The molecule has 5 aromatic rings. The van der Waals surface area contributed by atoms with Crippen LogP contribution < -0.4 is 10.6 Å². The molecule has 2 amide bonds. The molecule has 1 unspecified atom stereocenters. The molecule has 8 nitrogen and oxygen atoms in total. The number of rotatable bonds is 9. The zero-order valence-corrected chi connectivity index (χ0v) is 23.6. The van der Waals surface area contributed by atoms with Crippen molar-refractivity contribution in [3.63, 3.8) is 0 Å². The third kappa shape index (κ3) is 6.98. The van der Waals surface area contributed by atoms with Crippen LogP contribution in [0.4, 0.5) is 16.5 Å². The third-order valence-corrected chi connectivity index (χ3v) is 8.26. The zero-order chi connectivity index (χ0) is 28.8. The zero-order valence-electron chi connectivity index (χ0n) is 21.2. The van der Waals surface area contributed by atoms with Crippen LogP contribution in [0, 0.1) is 10.1 Å². The second-order valence-electron chi connectivity index (χ2n) is 8.70. The van der Waals surface area contributed by atoms with Crippen LogP contribution in [0.2, 0.25) is 5.02 Å². The standard InChI is InChI=1S/C30H21ClN4O4S2/c31-25-12-5-4-11-24(25)26-18-40-30(33-26)34-29(37)27(19-7-2-1-3-8-19)41-23-15-13-21(14-16-23)32-28(36)20-9-6-10-22(17-20)35(38)39/h1-18,27H,(H,32,36)(H,33,34,37). The van der Waals surface area contributed by atoms with Gasteiger partial charge in [-0.25, -0.2) is 4.98 Å². The van der Waals surface area contributed by atoms with E-state index in [0.29, 0.717) is 21.5 Å². The summed E-state index contributed by atoms with van der Waals surface area (Å²) >= 11 is 8.99. The molecule has 0 aliphatic rings. The normalized spacial score (nSPS) is 11.4. The summed E-state index contributed by atoms with van der Waals surface area (Å²) < 4.78 is 0. The Morgan fingerprint density at radius 2 is 1.63 bits per heavy atom. The summed E-state index contributed by atoms with van der Waals surface area (Å²) in [5.74, 6) is -0.695. The number of amides is 2. The molecule has 0 spiro atoms. The lowest BCUT2D eigenvalue weighted by molar-refractivity contribution is -0.384. The largest absolute Gasteiger partial charge is 0.322 e. The number of carbonyl (C=O) groups is 2. The van der Waals surface area contributed by atoms with E-state index >= 15 is 0 Å². The molecule has 1 aromatic heterocycles. The van der Waals surface area contributed by atoms with Crippen molar-refractivity contribution in [1.29, 1.82) is 0 Å². The Labute approximate surface area is 248 Å². The molecule has 5 rings (SSSR count). The molecule has 0 aliphatic heterocycles. The van der Waals surface area contributed by atoms with Crippen molar-refractivity contribution in [2.45, 2.75) is 10.1 Å². The Bertz CT molecular complexity index is 1710. The second kappa shape index (κ2) is 12.8. The minimum absolute atomic E-state index is 0.160. The second-order valence-corrected chi connectivity index (χ2v) is 11.1. The first-order valence-corrected chi connectivity index (χ1v) is 14.4. The molecule has 204 valence electrons. The first kappa shape index (κ1) is 28.0. The summed E-state index contributed by atoms with van der Waals surface area (Å²) in [5.41, 5.74) is 2.83. The van der Waals surface area contributed by atoms with Crippen molar-refractivity contribution < 1.29 is 14.5 Å². The van der Waals surface area contributed by atoms with Gasteiger partial charge in [0.1, 0.15) is 5.25 Å². The summed E-state index contributed by atoms with van der Waals surface area (Å²) in [6, 6.07) is 29.4. The molecule has 1 atom stereocenters. The van der Waals surface area contributed by atoms with Gasteiger partial charge in [0.05, 0.1) is 10.6 Å².